The molecular weight excluding hydrogens is 1060 g/mol. The maximum Gasteiger partial charge on any atom is 2.00 e. The number of fused-ring (bicyclic) bond motifs is 2. The van der Waals surface area contributed by atoms with Crippen LogP contribution in [0.15, 0.2) is 70.5 Å². The maximum atomic E-state index is 12.2. The van der Waals surface area contributed by atoms with E-state index < -0.39 is 20.2 Å². The van der Waals surface area contributed by atoms with Crippen LogP contribution in [0.25, 0.3) is 21.5 Å². The Morgan fingerprint density at radius 1 is 0.259 bits per heavy atom. The van der Waals surface area contributed by atoms with Crippen LogP contribution in [-0.2, 0) is 45.9 Å². The summed E-state index contributed by atoms with van der Waals surface area (Å²) in [5, 5.41) is 3.30. The summed E-state index contributed by atoms with van der Waals surface area (Å²) in [5.74, 6) is 0. The predicted octanol–water partition coefficient (Wildman–Crippen LogP) is 22.5. The van der Waals surface area contributed by atoms with Crippen LogP contribution >= 0.6 is 0 Å². The van der Waals surface area contributed by atoms with Crippen molar-refractivity contribution in [3.05, 3.63) is 82.9 Å². The van der Waals surface area contributed by atoms with Crippen LogP contribution in [0, 0.1) is 0 Å². The zero-order valence-electron chi connectivity index (χ0n) is 52.7. The van der Waals surface area contributed by atoms with Crippen molar-refractivity contribution in [1.82, 2.24) is 0 Å². The van der Waals surface area contributed by atoms with Crippen LogP contribution < -0.4 is 0 Å². The summed E-state index contributed by atoms with van der Waals surface area (Å²) >= 11 is 0. The van der Waals surface area contributed by atoms with Gasteiger partial charge in [0.15, 0.2) is 0 Å². The second-order valence-corrected chi connectivity index (χ2v) is 26.9. The zero-order chi connectivity index (χ0) is 57.8. The largest absolute Gasteiger partial charge is 2.00 e. The number of rotatable bonds is 50. The number of unbranched alkanes of at least 4 members (excludes halogenated alkanes) is 40. The van der Waals surface area contributed by atoms with Gasteiger partial charge >= 0.3 is 37.7 Å². The maximum absolute atomic E-state index is 12.2. The third kappa shape index (κ3) is 33.8. The van der Waals surface area contributed by atoms with Crippen LogP contribution in [0.5, 0.6) is 0 Å². The summed E-state index contributed by atoms with van der Waals surface area (Å²) in [4.78, 5) is -0.0762. The Labute approximate surface area is 529 Å². The fourth-order valence-electron chi connectivity index (χ4n) is 12.2. The van der Waals surface area contributed by atoms with E-state index in [0.29, 0.717) is 10.8 Å². The molecule has 0 bridgehead atoms. The molecule has 0 N–H and O–H groups in total. The third-order valence-corrected chi connectivity index (χ3v) is 18.9. The average molecular weight is 1180 g/mol. The normalized spacial score (nSPS) is 11.8. The van der Waals surface area contributed by atoms with E-state index in [1.165, 1.54) is 267 Å². The molecule has 81 heavy (non-hydrogen) atoms. The molecule has 456 valence electrons. The van der Waals surface area contributed by atoms with Gasteiger partial charge in [-0.3, -0.25) is 0 Å². The van der Waals surface area contributed by atoms with E-state index in [9.17, 15) is 25.9 Å². The number of benzene rings is 4. The Morgan fingerprint density at radius 3 is 0.654 bits per heavy atom. The molecule has 6 nitrogen and oxygen atoms in total. The summed E-state index contributed by atoms with van der Waals surface area (Å²) < 4.78 is 73.0. The Morgan fingerprint density at radius 2 is 0.444 bits per heavy atom. The zero-order valence-corrected chi connectivity index (χ0v) is 56.5. The first-order valence-electron chi connectivity index (χ1n) is 34.0. The second kappa shape index (κ2) is 48.6. The minimum atomic E-state index is -4.52. The van der Waals surface area contributed by atoms with Gasteiger partial charge in [0.25, 0.3) is 0 Å². The molecule has 0 atom stereocenters. The van der Waals surface area contributed by atoms with E-state index >= 15 is 0 Å². The molecule has 0 amide bonds. The molecule has 0 fully saturated rings. The van der Waals surface area contributed by atoms with Crippen LogP contribution in [0.3, 0.4) is 0 Å². The molecule has 0 aliphatic rings. The Bertz CT molecular complexity index is 2230. The molecule has 4 aromatic carbocycles. The molecular formula is C72H118CaO6S2. The van der Waals surface area contributed by atoms with Crippen molar-refractivity contribution in [2.24, 2.45) is 0 Å². The van der Waals surface area contributed by atoms with Gasteiger partial charge in [-0.1, -0.05) is 333 Å². The van der Waals surface area contributed by atoms with E-state index in [1.807, 2.05) is 12.1 Å². The van der Waals surface area contributed by atoms with Gasteiger partial charge in [-0.2, -0.15) is 0 Å². The molecule has 0 unspecified atom stereocenters. The van der Waals surface area contributed by atoms with Gasteiger partial charge < -0.3 is 9.11 Å². The SMILES string of the molecule is CCCCCCCCCCCCCc1ccc(CCCCCCCCCCCCC)c2c(S(=O)(=O)[O-])cccc12.CCCCCCCCCCCCCc1ccc(CCCCCCCCCCCCC)c2c(S(=O)(=O)[O-])cccc12.[Ca+2]. The van der Waals surface area contributed by atoms with Crippen molar-refractivity contribution >= 4 is 79.5 Å². The van der Waals surface area contributed by atoms with Gasteiger partial charge in [0.1, 0.15) is 20.2 Å². The number of aryl methyl sites for hydroxylation is 4. The van der Waals surface area contributed by atoms with Gasteiger partial charge in [0.05, 0.1) is 9.79 Å². The molecule has 0 saturated carbocycles. The molecule has 0 spiro atoms. The van der Waals surface area contributed by atoms with E-state index in [-0.39, 0.29) is 47.5 Å². The molecule has 0 aromatic heterocycles. The minimum Gasteiger partial charge on any atom is -0.744 e. The molecule has 0 saturated heterocycles. The van der Waals surface area contributed by atoms with Crippen molar-refractivity contribution < 1.29 is 25.9 Å². The van der Waals surface area contributed by atoms with Gasteiger partial charge in [-0.25, -0.2) is 16.8 Å². The molecule has 0 aliphatic carbocycles. The van der Waals surface area contributed by atoms with Crippen LogP contribution in [0.4, 0.5) is 0 Å². The summed E-state index contributed by atoms with van der Waals surface area (Å²) in [7, 11) is -9.04. The van der Waals surface area contributed by atoms with Crippen LogP contribution in [-0.4, -0.2) is 63.7 Å². The average Bonchev–Trinajstić information content (AvgIpc) is 3.44. The van der Waals surface area contributed by atoms with E-state index in [2.05, 4.69) is 52.0 Å². The Kier molecular flexibility index (Phi) is 45.3. The van der Waals surface area contributed by atoms with Gasteiger partial charge in [0, 0.05) is 10.8 Å². The number of hydrogen-bond acceptors (Lipinski definition) is 6. The monoisotopic (exact) mass is 1180 g/mol. The Hall–Kier alpha value is -1.52. The standard InChI is InChI=1S/2C36H60O3S.Ca/c2*1-3-5-7-9-11-13-15-17-19-21-23-26-32-30-31-33(36-34(32)28-25-29-35(36)40(37,38)39)27-24-22-20-18-16-14-12-10-8-6-4-2;/h2*25,28-31H,3-24,26-27H2,1-2H3,(H,37,38,39);/q;;+2/p-2. The van der Waals surface area contributed by atoms with E-state index in [0.717, 1.165) is 86.1 Å². The molecule has 4 aromatic rings. The first-order valence-corrected chi connectivity index (χ1v) is 36.8. The molecule has 4 rings (SSSR count). The molecule has 9 heteroatoms. The first kappa shape index (κ1) is 75.6. The van der Waals surface area contributed by atoms with Crippen molar-refractivity contribution in [2.45, 2.75) is 346 Å². The quantitative estimate of drug-likeness (QED) is 0.0247. The van der Waals surface area contributed by atoms with E-state index in [1.54, 1.807) is 12.1 Å². The summed E-state index contributed by atoms with van der Waals surface area (Å²) in [5.41, 5.74) is 4.39. The second-order valence-electron chi connectivity index (χ2n) is 24.2. The third-order valence-electron chi connectivity index (χ3n) is 17.1. The molecule has 0 aliphatic heterocycles. The Balaban J connectivity index is 0.000000547. The van der Waals surface area contributed by atoms with Gasteiger partial charge in [-0.15, -0.1) is 0 Å². The predicted molar refractivity (Wildman–Crippen MR) is 350 cm³/mol. The van der Waals surface area contributed by atoms with Gasteiger partial charge in [0.2, 0.25) is 0 Å². The van der Waals surface area contributed by atoms with Crippen molar-refractivity contribution in [1.29, 1.82) is 0 Å². The first-order chi connectivity index (χ1) is 39.0. The van der Waals surface area contributed by atoms with Crippen molar-refractivity contribution in [3.63, 3.8) is 0 Å². The summed E-state index contributed by atoms with van der Waals surface area (Å²) in [6.45, 7) is 9.05. The summed E-state index contributed by atoms with van der Waals surface area (Å²) in [6.07, 6.45) is 60.7. The fourth-order valence-corrected chi connectivity index (χ4v) is 13.7. The van der Waals surface area contributed by atoms with Gasteiger partial charge in [-0.05, 0) is 96.5 Å². The molecule has 0 radical (unpaired) electrons. The van der Waals surface area contributed by atoms with E-state index in [4.69, 9.17) is 0 Å². The number of hydrogen-bond donors (Lipinski definition) is 0. The summed E-state index contributed by atoms with van der Waals surface area (Å²) in [6, 6.07) is 19.1. The fraction of sp³-hybridized carbons (Fsp3) is 0.722. The van der Waals surface area contributed by atoms with Crippen LogP contribution in [0.1, 0.15) is 332 Å². The van der Waals surface area contributed by atoms with Crippen molar-refractivity contribution in [2.75, 3.05) is 0 Å². The molecule has 0 heterocycles. The topological polar surface area (TPSA) is 114 Å². The smallest absolute Gasteiger partial charge is 0.744 e. The minimum absolute atomic E-state index is 0. The van der Waals surface area contributed by atoms with Crippen molar-refractivity contribution in [3.8, 4) is 0 Å². The van der Waals surface area contributed by atoms with Crippen LogP contribution in [0.2, 0.25) is 0 Å².